The van der Waals surface area contributed by atoms with E-state index in [9.17, 15) is 43.5 Å². The number of furan rings is 1. The number of hydrogen-bond acceptors (Lipinski definition) is 19. The number of cyclic esters (lactones) is 1. The van der Waals surface area contributed by atoms with E-state index in [0.29, 0.717) is 5.56 Å². The number of epoxide rings is 1. The lowest BCUT2D eigenvalue weighted by molar-refractivity contribution is -0.228. The molecule has 19 nitrogen and oxygen atoms in total. The molecule has 63 heavy (non-hydrogen) atoms. The van der Waals surface area contributed by atoms with Gasteiger partial charge in [-0.25, -0.2) is 9.59 Å². The number of aliphatic hydroxyl groups is 1. The average Bonchev–Trinajstić information content (AvgIpc) is 3.67. The molecule has 0 aromatic carbocycles. The Labute approximate surface area is 364 Å². The molecule has 1 aromatic heterocycles. The molecule has 1 spiro atoms. The molecule has 1 aromatic rings. The highest BCUT2D eigenvalue weighted by molar-refractivity contribution is 5.80. The quantitative estimate of drug-likeness (QED) is 0.0822. The SMILES string of the molecule is C=C1C(C2(C)C(OC(C)=O)CC(=O)OC(C)(COC(C)=O)C2CC(=O)OC)C(OC=O)C(OC(=O)C(O)C(C)C)C2(C)C(c3ccoc3)C(OC(=O)C(OC(C)=O)C(C)C)C3OC132. The van der Waals surface area contributed by atoms with E-state index >= 15 is 0 Å². The van der Waals surface area contributed by atoms with Crippen LogP contribution in [0.2, 0.25) is 0 Å². The molecule has 4 fully saturated rings. The molecule has 2 aliphatic heterocycles. The molecule has 2 saturated carbocycles. The van der Waals surface area contributed by atoms with Crippen LogP contribution in [0.1, 0.15) is 93.6 Å². The van der Waals surface area contributed by atoms with Gasteiger partial charge >= 0.3 is 41.8 Å². The summed E-state index contributed by atoms with van der Waals surface area (Å²) < 4.78 is 58.8. The van der Waals surface area contributed by atoms with Crippen LogP contribution in [-0.4, -0.2) is 121 Å². The van der Waals surface area contributed by atoms with Crippen molar-refractivity contribution in [3.05, 3.63) is 36.3 Å². The molecule has 1 N–H and O–H groups in total. The molecule has 2 saturated heterocycles. The fraction of sp³-hybridized carbons (Fsp3) is 0.682. The van der Waals surface area contributed by atoms with E-state index in [4.69, 9.17) is 47.0 Å². The second-order valence-electron chi connectivity index (χ2n) is 18.1. The second kappa shape index (κ2) is 18.1. The molecular formula is C44H58O19. The topological polar surface area (TPSA) is 256 Å². The minimum absolute atomic E-state index is 0.0961. The lowest BCUT2D eigenvalue weighted by atomic mass is 9.47. The van der Waals surface area contributed by atoms with Gasteiger partial charge in [0.25, 0.3) is 6.47 Å². The molecule has 5 rings (SSSR count). The van der Waals surface area contributed by atoms with E-state index in [0.717, 1.165) is 27.9 Å². The number of esters is 7. The zero-order chi connectivity index (χ0) is 47.1. The normalized spacial score (nSPS) is 35.4. The number of carbonyl (C=O) groups is 8. The number of methoxy groups -OCH3 is 1. The second-order valence-corrected chi connectivity index (χ2v) is 18.1. The van der Waals surface area contributed by atoms with Crippen LogP contribution in [-0.2, 0) is 81.0 Å². The lowest BCUT2D eigenvalue weighted by Crippen LogP contribution is -2.68. The average molecular weight is 891 g/mol. The van der Waals surface area contributed by atoms with Gasteiger partial charge in [-0.15, -0.1) is 0 Å². The molecule has 0 bridgehead atoms. The predicted octanol–water partition coefficient (Wildman–Crippen LogP) is 3.06. The van der Waals surface area contributed by atoms with Crippen molar-refractivity contribution in [1.82, 2.24) is 0 Å². The molecule has 14 atom stereocenters. The maximum absolute atomic E-state index is 14.1. The van der Waals surface area contributed by atoms with Crippen LogP contribution in [0.15, 0.2) is 35.2 Å². The summed E-state index contributed by atoms with van der Waals surface area (Å²) >= 11 is 0. The Morgan fingerprint density at radius 3 is 2.11 bits per heavy atom. The molecular weight excluding hydrogens is 832 g/mol. The third-order valence-electron chi connectivity index (χ3n) is 13.4. The summed E-state index contributed by atoms with van der Waals surface area (Å²) in [4.78, 5) is 106. The minimum Gasteiger partial charge on any atom is -0.472 e. The molecule has 0 amide bonds. The van der Waals surface area contributed by atoms with Crippen LogP contribution >= 0.6 is 0 Å². The van der Waals surface area contributed by atoms with Crippen molar-refractivity contribution in [1.29, 1.82) is 0 Å². The Morgan fingerprint density at radius 1 is 0.921 bits per heavy atom. The van der Waals surface area contributed by atoms with Crippen molar-refractivity contribution in [3.63, 3.8) is 0 Å². The smallest absolute Gasteiger partial charge is 0.348 e. The zero-order valence-electron chi connectivity index (χ0n) is 37.4. The van der Waals surface area contributed by atoms with Crippen LogP contribution < -0.4 is 0 Å². The molecule has 14 unspecified atom stereocenters. The first-order valence-electron chi connectivity index (χ1n) is 20.7. The first-order chi connectivity index (χ1) is 29.4. The van der Waals surface area contributed by atoms with Gasteiger partial charge in [-0.1, -0.05) is 48.1 Å². The molecule has 2 aliphatic carbocycles. The Balaban J connectivity index is 1.86. The molecule has 0 radical (unpaired) electrons. The van der Waals surface area contributed by atoms with Crippen molar-refractivity contribution >= 4 is 48.3 Å². The van der Waals surface area contributed by atoms with Gasteiger partial charge < -0.3 is 52.2 Å². The van der Waals surface area contributed by atoms with E-state index in [1.807, 2.05) is 0 Å². The van der Waals surface area contributed by atoms with E-state index < -0.39 is 156 Å². The summed E-state index contributed by atoms with van der Waals surface area (Å²) in [6.45, 7) is 18.5. The summed E-state index contributed by atoms with van der Waals surface area (Å²) in [5.74, 6) is -11.2. The van der Waals surface area contributed by atoms with Crippen molar-refractivity contribution in [3.8, 4) is 0 Å². The molecule has 19 heteroatoms. The van der Waals surface area contributed by atoms with Gasteiger partial charge in [0.15, 0.2) is 6.10 Å². The number of hydrogen-bond donors (Lipinski definition) is 1. The van der Waals surface area contributed by atoms with Gasteiger partial charge in [-0.05, 0) is 30.0 Å². The van der Waals surface area contributed by atoms with Crippen LogP contribution in [0.4, 0.5) is 0 Å². The standard InChI is InChI=1S/C44H58O19/c1-20(2)33(51)39(52)61-37-35(57-19-45)31(42(10)27(15-29(49)54-12)41(9,18-56-23(6)46)62-30(50)16-28(42)58-24(7)47)22(5)44-38(63-44)36(32(43(37,44)11)26-13-14-55-17-26)60-40(53)34(21(3)4)59-25(8)48/h13-14,17,19-21,27-28,31-38,51H,5,15-16,18H2,1-4,6-12H3. The summed E-state index contributed by atoms with van der Waals surface area (Å²) in [6.07, 6.45) is -8.84. The third-order valence-corrected chi connectivity index (χ3v) is 13.4. The zero-order valence-corrected chi connectivity index (χ0v) is 37.4. The van der Waals surface area contributed by atoms with Gasteiger partial charge in [-0.2, -0.15) is 0 Å². The highest BCUT2D eigenvalue weighted by Crippen LogP contribution is 2.77. The lowest BCUT2D eigenvalue weighted by Gasteiger charge is -2.59. The Morgan fingerprint density at radius 2 is 1.59 bits per heavy atom. The summed E-state index contributed by atoms with van der Waals surface area (Å²) in [6, 6.07) is 1.59. The van der Waals surface area contributed by atoms with Crippen molar-refractivity contribution in [2.45, 2.75) is 142 Å². The molecule has 4 aliphatic rings. The van der Waals surface area contributed by atoms with Gasteiger partial charge in [0.1, 0.15) is 48.3 Å². The first-order valence-corrected chi connectivity index (χ1v) is 20.7. The predicted molar refractivity (Wildman–Crippen MR) is 211 cm³/mol. The molecule has 3 heterocycles. The summed E-state index contributed by atoms with van der Waals surface area (Å²) in [5.41, 5.74) is -6.60. The first kappa shape index (κ1) is 48.7. The Bertz CT molecular complexity index is 1970. The van der Waals surface area contributed by atoms with Crippen LogP contribution in [0.3, 0.4) is 0 Å². The fourth-order valence-electron chi connectivity index (χ4n) is 10.6. The van der Waals surface area contributed by atoms with Crippen molar-refractivity contribution in [2.75, 3.05) is 13.7 Å². The maximum Gasteiger partial charge on any atom is 0.348 e. The summed E-state index contributed by atoms with van der Waals surface area (Å²) in [5, 5.41) is 11.1. The Hall–Kier alpha value is -5.30. The van der Waals surface area contributed by atoms with Gasteiger partial charge in [-0.3, -0.25) is 28.8 Å². The van der Waals surface area contributed by atoms with Crippen LogP contribution in [0.25, 0.3) is 0 Å². The van der Waals surface area contributed by atoms with E-state index in [2.05, 4.69) is 6.58 Å². The van der Waals surface area contributed by atoms with E-state index in [1.54, 1.807) is 47.6 Å². The largest absolute Gasteiger partial charge is 0.472 e. The monoisotopic (exact) mass is 890 g/mol. The number of rotatable bonds is 16. The Kier molecular flexibility index (Phi) is 14.0. The summed E-state index contributed by atoms with van der Waals surface area (Å²) in [7, 11) is 1.12. The van der Waals surface area contributed by atoms with Crippen molar-refractivity contribution < 1.29 is 90.5 Å². The molecule has 348 valence electrons. The third kappa shape index (κ3) is 8.45. The fourth-order valence-corrected chi connectivity index (χ4v) is 10.6. The van der Waals surface area contributed by atoms with Gasteiger partial charge in [0.2, 0.25) is 6.10 Å². The van der Waals surface area contributed by atoms with Crippen molar-refractivity contribution in [2.24, 2.45) is 34.5 Å². The minimum atomic E-state index is -1.90. The van der Waals surface area contributed by atoms with Crippen LogP contribution in [0, 0.1) is 34.5 Å². The van der Waals surface area contributed by atoms with Gasteiger partial charge in [0.05, 0.1) is 37.9 Å². The number of ether oxygens (including phenoxy) is 9. The highest BCUT2D eigenvalue weighted by Gasteiger charge is 2.88. The van der Waals surface area contributed by atoms with E-state index in [-0.39, 0.29) is 12.0 Å². The van der Waals surface area contributed by atoms with Crippen LogP contribution in [0.5, 0.6) is 0 Å². The van der Waals surface area contributed by atoms with E-state index in [1.165, 1.54) is 19.5 Å². The number of carbonyl (C=O) groups excluding carboxylic acids is 8. The maximum atomic E-state index is 14.1. The van der Waals surface area contributed by atoms with Gasteiger partial charge in [0, 0.05) is 49.9 Å². The number of aliphatic hydroxyl groups excluding tert-OH is 1. The highest BCUT2D eigenvalue weighted by atomic mass is 16.7.